The number of aromatic nitrogens is 1. The zero-order valence-electron chi connectivity index (χ0n) is 15.3. The van der Waals surface area contributed by atoms with Gasteiger partial charge in [-0.05, 0) is 37.4 Å². The predicted molar refractivity (Wildman–Crippen MR) is 114 cm³/mol. The van der Waals surface area contributed by atoms with Gasteiger partial charge in [0, 0.05) is 48.2 Å². The van der Waals surface area contributed by atoms with E-state index in [1.165, 1.54) is 6.07 Å². The Labute approximate surface area is 172 Å². The number of fused-ring (bicyclic) bond motifs is 1. The number of hydrogen-bond acceptors (Lipinski definition) is 4. The number of nitrogens with zero attached hydrogens (tertiary/aromatic N) is 3. The lowest BCUT2D eigenvalue weighted by Crippen LogP contribution is -2.44. The van der Waals surface area contributed by atoms with Crippen molar-refractivity contribution in [1.82, 2.24) is 9.88 Å². The van der Waals surface area contributed by atoms with Gasteiger partial charge < -0.3 is 14.8 Å². The summed E-state index contributed by atoms with van der Waals surface area (Å²) in [5.41, 5.74) is 3.05. The molecule has 0 radical (unpaired) electrons. The van der Waals surface area contributed by atoms with E-state index in [9.17, 15) is 4.79 Å². The first kappa shape index (κ1) is 18.8. The molecular weight excluding hydrogens is 395 g/mol. The summed E-state index contributed by atoms with van der Waals surface area (Å²) >= 11 is 12.8. The van der Waals surface area contributed by atoms with E-state index in [0.717, 1.165) is 31.9 Å². The van der Waals surface area contributed by atoms with Crippen molar-refractivity contribution in [3.63, 3.8) is 0 Å². The molecule has 0 unspecified atom stereocenters. The second kappa shape index (κ2) is 7.48. The van der Waals surface area contributed by atoms with E-state index in [2.05, 4.69) is 27.9 Å². The minimum Gasteiger partial charge on any atom is -0.368 e. The maximum atomic E-state index is 12.8. The Hall–Kier alpha value is -2.52. The molecule has 0 bridgehead atoms. The van der Waals surface area contributed by atoms with Gasteiger partial charge in [0.1, 0.15) is 0 Å². The highest BCUT2D eigenvalue weighted by atomic mass is 35.5. The molecular formula is C21H18Cl2N4O. The molecule has 2 aromatic carbocycles. The Morgan fingerprint density at radius 3 is 2.50 bits per heavy atom. The normalized spacial score (nSPS) is 15.0. The minimum absolute atomic E-state index is 0.116. The molecule has 0 atom stereocenters. The van der Waals surface area contributed by atoms with Crippen molar-refractivity contribution >= 4 is 39.8 Å². The number of hydrogen-bond donors (Lipinski definition) is 1. The summed E-state index contributed by atoms with van der Waals surface area (Å²) in [5, 5.41) is 10.8. The molecule has 4 rings (SSSR count). The van der Waals surface area contributed by atoms with Crippen molar-refractivity contribution in [3.05, 3.63) is 62.2 Å². The molecule has 5 nitrogen and oxygen atoms in total. The SMILES string of the molecule is CN1CCN(c2cc3c(=O)cc(-c4cc(C#N)ccc4Cl)[nH]c3cc2Cl)CC1. The summed E-state index contributed by atoms with van der Waals surface area (Å²) in [7, 11) is 2.10. The van der Waals surface area contributed by atoms with Crippen LogP contribution in [0.3, 0.4) is 0 Å². The number of likely N-dealkylation sites (N-methyl/N-ethyl adjacent to an activating group) is 1. The molecule has 28 heavy (non-hydrogen) atoms. The summed E-state index contributed by atoms with van der Waals surface area (Å²) in [5.74, 6) is 0. The van der Waals surface area contributed by atoms with Crippen LogP contribution in [-0.2, 0) is 0 Å². The molecule has 3 aromatic rings. The van der Waals surface area contributed by atoms with Crippen LogP contribution in [0, 0.1) is 11.3 Å². The van der Waals surface area contributed by atoms with Gasteiger partial charge >= 0.3 is 0 Å². The molecule has 1 saturated heterocycles. The van der Waals surface area contributed by atoms with Gasteiger partial charge in [-0.2, -0.15) is 5.26 Å². The van der Waals surface area contributed by atoms with Crippen LogP contribution < -0.4 is 10.3 Å². The molecule has 1 N–H and O–H groups in total. The zero-order valence-corrected chi connectivity index (χ0v) is 16.8. The molecule has 0 spiro atoms. The number of rotatable bonds is 2. The molecule has 1 aromatic heterocycles. The third-order valence-electron chi connectivity index (χ3n) is 5.13. The number of nitrogens with one attached hydrogen (secondary N) is 1. The van der Waals surface area contributed by atoms with Gasteiger partial charge in [0.2, 0.25) is 0 Å². The number of anilines is 1. The van der Waals surface area contributed by atoms with Crippen molar-refractivity contribution in [3.8, 4) is 17.3 Å². The number of nitriles is 1. The first-order valence-corrected chi connectivity index (χ1v) is 9.72. The largest absolute Gasteiger partial charge is 0.368 e. The van der Waals surface area contributed by atoms with E-state index in [4.69, 9.17) is 28.5 Å². The Bertz CT molecular complexity index is 1160. The van der Waals surface area contributed by atoms with Crippen LogP contribution in [0.5, 0.6) is 0 Å². The lowest BCUT2D eigenvalue weighted by Gasteiger charge is -2.34. The average molecular weight is 413 g/mol. The lowest BCUT2D eigenvalue weighted by molar-refractivity contribution is 0.313. The third kappa shape index (κ3) is 3.47. The fourth-order valence-electron chi connectivity index (χ4n) is 3.50. The Morgan fingerprint density at radius 2 is 1.79 bits per heavy atom. The van der Waals surface area contributed by atoms with Crippen LogP contribution in [0.25, 0.3) is 22.2 Å². The summed E-state index contributed by atoms with van der Waals surface area (Å²) in [6.45, 7) is 3.65. The fraction of sp³-hybridized carbons (Fsp3) is 0.238. The fourth-order valence-corrected chi connectivity index (χ4v) is 4.00. The zero-order chi connectivity index (χ0) is 19.8. The molecule has 2 heterocycles. The van der Waals surface area contributed by atoms with E-state index in [0.29, 0.717) is 37.8 Å². The van der Waals surface area contributed by atoms with Crippen molar-refractivity contribution in [2.24, 2.45) is 0 Å². The van der Waals surface area contributed by atoms with Crippen molar-refractivity contribution in [2.45, 2.75) is 0 Å². The van der Waals surface area contributed by atoms with Gasteiger partial charge in [-0.3, -0.25) is 4.79 Å². The quantitative estimate of drug-likeness (QED) is 0.687. The number of benzene rings is 2. The molecule has 1 fully saturated rings. The second-order valence-electron chi connectivity index (χ2n) is 6.99. The van der Waals surface area contributed by atoms with Crippen molar-refractivity contribution in [1.29, 1.82) is 5.26 Å². The summed E-state index contributed by atoms with van der Waals surface area (Å²) in [6.07, 6.45) is 0. The average Bonchev–Trinajstić information content (AvgIpc) is 2.68. The first-order valence-electron chi connectivity index (χ1n) is 8.96. The first-order chi connectivity index (χ1) is 13.5. The minimum atomic E-state index is -0.116. The maximum absolute atomic E-state index is 12.8. The van der Waals surface area contributed by atoms with E-state index < -0.39 is 0 Å². The monoisotopic (exact) mass is 412 g/mol. The number of pyridine rings is 1. The van der Waals surface area contributed by atoms with Gasteiger partial charge in [0.05, 0.1) is 33.6 Å². The highest BCUT2D eigenvalue weighted by Gasteiger charge is 2.18. The topological polar surface area (TPSA) is 63.1 Å². The summed E-state index contributed by atoms with van der Waals surface area (Å²) in [6, 6.07) is 12.2. The smallest absolute Gasteiger partial charge is 0.190 e. The maximum Gasteiger partial charge on any atom is 0.190 e. The van der Waals surface area contributed by atoms with Crippen LogP contribution in [0.4, 0.5) is 5.69 Å². The number of piperazine rings is 1. The van der Waals surface area contributed by atoms with Gasteiger partial charge in [-0.25, -0.2) is 0 Å². The Morgan fingerprint density at radius 1 is 1.04 bits per heavy atom. The Kier molecular flexibility index (Phi) is 5.03. The highest BCUT2D eigenvalue weighted by molar-refractivity contribution is 6.34. The van der Waals surface area contributed by atoms with Gasteiger partial charge in [-0.15, -0.1) is 0 Å². The molecule has 0 amide bonds. The molecule has 7 heteroatoms. The van der Waals surface area contributed by atoms with E-state index in [1.54, 1.807) is 24.3 Å². The number of H-pyrrole nitrogens is 1. The van der Waals surface area contributed by atoms with E-state index >= 15 is 0 Å². The van der Waals surface area contributed by atoms with Crippen LogP contribution in [-0.4, -0.2) is 43.1 Å². The molecule has 142 valence electrons. The third-order valence-corrected chi connectivity index (χ3v) is 5.76. The lowest BCUT2D eigenvalue weighted by atomic mass is 10.1. The molecule has 0 saturated carbocycles. The van der Waals surface area contributed by atoms with Gasteiger partial charge in [0.25, 0.3) is 0 Å². The van der Waals surface area contributed by atoms with Gasteiger partial charge in [0.15, 0.2) is 5.43 Å². The predicted octanol–water partition coefficient (Wildman–Crippen LogP) is 4.13. The van der Waals surface area contributed by atoms with E-state index in [-0.39, 0.29) is 5.43 Å². The molecule has 1 aliphatic heterocycles. The standard InChI is InChI=1S/C21H18Cl2N4O/c1-26-4-6-27(7-5-26)20-9-15-18(10-17(20)23)25-19(11-21(15)28)14-8-13(12-24)2-3-16(14)22/h2-3,8-11H,4-7H2,1H3,(H,25,28). The number of aromatic amines is 1. The highest BCUT2D eigenvalue weighted by Crippen LogP contribution is 2.32. The summed E-state index contributed by atoms with van der Waals surface area (Å²) in [4.78, 5) is 20.6. The molecule has 1 aliphatic rings. The Balaban J connectivity index is 1.82. The van der Waals surface area contributed by atoms with Gasteiger partial charge in [-0.1, -0.05) is 23.2 Å². The van der Waals surface area contributed by atoms with Crippen LogP contribution in [0.15, 0.2) is 41.2 Å². The van der Waals surface area contributed by atoms with Crippen molar-refractivity contribution < 1.29 is 0 Å². The number of halogens is 2. The summed E-state index contributed by atoms with van der Waals surface area (Å²) < 4.78 is 0. The van der Waals surface area contributed by atoms with Crippen LogP contribution >= 0.6 is 23.2 Å². The van der Waals surface area contributed by atoms with Crippen molar-refractivity contribution in [2.75, 3.05) is 38.1 Å². The molecule has 0 aliphatic carbocycles. The van der Waals surface area contributed by atoms with Crippen LogP contribution in [0.2, 0.25) is 10.0 Å². The van der Waals surface area contributed by atoms with E-state index in [1.807, 2.05) is 6.07 Å². The second-order valence-corrected chi connectivity index (χ2v) is 7.81. The van der Waals surface area contributed by atoms with Crippen LogP contribution in [0.1, 0.15) is 5.56 Å².